The lowest BCUT2D eigenvalue weighted by Crippen LogP contribution is -2.28. The molecule has 18 heavy (non-hydrogen) atoms. The van der Waals surface area contributed by atoms with Crippen LogP contribution in [0.15, 0.2) is 28.2 Å². The van der Waals surface area contributed by atoms with Gasteiger partial charge in [0.25, 0.3) is 0 Å². The molecular formula is C10H10FN3O2S2. The highest BCUT2D eigenvalue weighted by Crippen LogP contribution is 2.25. The number of nitrogens with zero attached hydrogens (tertiary/aromatic N) is 1. The maximum atomic E-state index is 13.2. The molecule has 1 aromatic carbocycles. The number of sulfone groups is 1. The fourth-order valence-electron chi connectivity index (χ4n) is 1.71. The van der Waals surface area contributed by atoms with Crippen LogP contribution in [-0.2, 0) is 9.84 Å². The maximum absolute atomic E-state index is 13.2. The second-order valence-corrected chi connectivity index (χ2v) is 6.26. The number of nitrogens with two attached hydrogens (primary N) is 1. The summed E-state index contributed by atoms with van der Waals surface area (Å²) in [7, 11) is -3.37. The van der Waals surface area contributed by atoms with Crippen molar-refractivity contribution in [2.45, 2.75) is 11.3 Å². The lowest BCUT2D eigenvalue weighted by molar-refractivity contribution is 0.592. The Morgan fingerprint density at radius 3 is 2.89 bits per heavy atom. The summed E-state index contributed by atoms with van der Waals surface area (Å²) in [6.45, 7) is 0. The van der Waals surface area contributed by atoms with Crippen LogP contribution in [0.5, 0.6) is 0 Å². The molecule has 0 bridgehead atoms. The molecule has 1 aromatic rings. The molecule has 96 valence electrons. The molecule has 1 aliphatic rings. The van der Waals surface area contributed by atoms with Crippen molar-refractivity contribution in [1.29, 1.82) is 0 Å². The minimum absolute atomic E-state index is 0.0334. The quantitative estimate of drug-likeness (QED) is 0.447. The van der Waals surface area contributed by atoms with E-state index in [1.165, 1.54) is 6.07 Å². The van der Waals surface area contributed by atoms with Crippen molar-refractivity contribution in [3.63, 3.8) is 0 Å². The third-order valence-corrected chi connectivity index (χ3v) is 4.36. The Labute approximate surface area is 109 Å². The maximum Gasteiger partial charge on any atom is 0.184 e. The Hall–Kier alpha value is -1.54. The standard InChI is InChI=1S/C10H10FN3O2S2/c11-6-1-2-9-7(5-6)8(13-14-10(12)17)3-4-18(9,15)16/h1-2,5H,3-4H2,(H3,12,14,17)/b13-8-. The van der Waals surface area contributed by atoms with Gasteiger partial charge in [-0.15, -0.1) is 0 Å². The van der Waals surface area contributed by atoms with Crippen molar-refractivity contribution < 1.29 is 12.8 Å². The SMILES string of the molecule is NC(=S)N/N=C1/CCS(=O)(=O)c2ccc(F)cc21. The molecule has 0 aromatic heterocycles. The van der Waals surface area contributed by atoms with Crippen molar-refractivity contribution in [1.82, 2.24) is 5.43 Å². The molecule has 1 heterocycles. The van der Waals surface area contributed by atoms with Crippen LogP contribution in [0.3, 0.4) is 0 Å². The van der Waals surface area contributed by atoms with Gasteiger partial charge in [-0.1, -0.05) is 0 Å². The minimum atomic E-state index is -3.37. The Kier molecular flexibility index (Phi) is 3.31. The third-order valence-electron chi connectivity index (χ3n) is 2.50. The molecule has 0 saturated heterocycles. The fourth-order valence-corrected chi connectivity index (χ4v) is 3.23. The molecule has 0 atom stereocenters. The van der Waals surface area contributed by atoms with Crippen molar-refractivity contribution in [3.8, 4) is 0 Å². The predicted octanol–water partition coefficient (Wildman–Crippen LogP) is 0.540. The van der Waals surface area contributed by atoms with E-state index in [4.69, 9.17) is 5.73 Å². The second kappa shape index (κ2) is 4.62. The lowest BCUT2D eigenvalue weighted by Gasteiger charge is -2.18. The van der Waals surface area contributed by atoms with Gasteiger partial charge < -0.3 is 5.73 Å². The normalized spacial score (nSPS) is 19.3. The molecule has 0 saturated carbocycles. The van der Waals surface area contributed by atoms with Crippen LogP contribution in [0, 0.1) is 5.82 Å². The zero-order chi connectivity index (χ0) is 13.3. The average Bonchev–Trinajstić information content (AvgIpc) is 2.27. The summed E-state index contributed by atoms with van der Waals surface area (Å²) in [5, 5.41) is 3.87. The smallest absolute Gasteiger partial charge is 0.184 e. The van der Waals surface area contributed by atoms with E-state index < -0.39 is 15.7 Å². The Bertz CT molecular complexity index is 641. The van der Waals surface area contributed by atoms with E-state index in [2.05, 4.69) is 22.7 Å². The van der Waals surface area contributed by atoms with Crippen LogP contribution < -0.4 is 11.2 Å². The molecule has 0 fully saturated rings. The van der Waals surface area contributed by atoms with Gasteiger partial charge in [0.2, 0.25) is 0 Å². The van der Waals surface area contributed by atoms with Crippen molar-refractivity contribution in [2.75, 3.05) is 5.75 Å². The number of thiocarbonyl (C=S) groups is 1. The molecule has 0 amide bonds. The number of rotatable bonds is 1. The van der Waals surface area contributed by atoms with E-state index in [9.17, 15) is 12.8 Å². The molecule has 1 aliphatic heterocycles. The first-order valence-electron chi connectivity index (χ1n) is 5.05. The summed E-state index contributed by atoms with van der Waals surface area (Å²) in [5.74, 6) is -0.586. The van der Waals surface area contributed by atoms with Crippen LogP contribution in [0.1, 0.15) is 12.0 Å². The van der Waals surface area contributed by atoms with Gasteiger partial charge in [0.1, 0.15) is 5.82 Å². The summed E-state index contributed by atoms with van der Waals surface area (Å²) in [6.07, 6.45) is 0.189. The number of benzene rings is 1. The van der Waals surface area contributed by atoms with Gasteiger partial charge in [-0.05, 0) is 30.4 Å². The molecular weight excluding hydrogens is 277 g/mol. The summed E-state index contributed by atoms with van der Waals surface area (Å²) >= 11 is 4.60. The van der Waals surface area contributed by atoms with Crippen LogP contribution >= 0.6 is 12.2 Å². The fraction of sp³-hybridized carbons (Fsp3) is 0.200. The highest BCUT2D eigenvalue weighted by molar-refractivity contribution is 7.91. The van der Waals surface area contributed by atoms with Gasteiger partial charge >= 0.3 is 0 Å². The number of nitrogens with one attached hydrogen (secondary N) is 1. The van der Waals surface area contributed by atoms with E-state index >= 15 is 0 Å². The largest absolute Gasteiger partial charge is 0.375 e. The molecule has 3 N–H and O–H groups in total. The number of halogens is 1. The minimum Gasteiger partial charge on any atom is -0.375 e. The van der Waals surface area contributed by atoms with Crippen molar-refractivity contribution >= 4 is 32.9 Å². The first-order chi connectivity index (χ1) is 8.40. The van der Waals surface area contributed by atoms with E-state index in [0.29, 0.717) is 5.71 Å². The Morgan fingerprint density at radius 2 is 2.22 bits per heavy atom. The van der Waals surface area contributed by atoms with E-state index in [1.807, 2.05) is 0 Å². The zero-order valence-corrected chi connectivity index (χ0v) is 10.8. The molecule has 2 rings (SSSR count). The average molecular weight is 287 g/mol. The Morgan fingerprint density at radius 1 is 1.50 bits per heavy atom. The molecule has 0 radical (unpaired) electrons. The highest BCUT2D eigenvalue weighted by Gasteiger charge is 2.28. The number of hydrogen-bond donors (Lipinski definition) is 2. The molecule has 0 unspecified atom stereocenters. The number of fused-ring (bicyclic) bond motifs is 1. The lowest BCUT2D eigenvalue weighted by atomic mass is 10.1. The van der Waals surface area contributed by atoms with Gasteiger partial charge in [0, 0.05) is 12.0 Å². The van der Waals surface area contributed by atoms with Crippen LogP contribution in [-0.4, -0.2) is 25.0 Å². The van der Waals surface area contributed by atoms with Crippen molar-refractivity contribution in [2.24, 2.45) is 10.8 Å². The van der Waals surface area contributed by atoms with Crippen molar-refractivity contribution in [3.05, 3.63) is 29.6 Å². The number of hydrazone groups is 1. The monoisotopic (exact) mass is 287 g/mol. The van der Waals surface area contributed by atoms with Gasteiger partial charge in [0.05, 0.1) is 16.4 Å². The highest BCUT2D eigenvalue weighted by atomic mass is 32.2. The molecule has 0 spiro atoms. The topological polar surface area (TPSA) is 84.5 Å². The van der Waals surface area contributed by atoms with E-state index in [1.54, 1.807) is 0 Å². The van der Waals surface area contributed by atoms with Gasteiger partial charge in [-0.25, -0.2) is 12.8 Å². The summed E-state index contributed by atoms with van der Waals surface area (Å²) < 4.78 is 36.8. The van der Waals surface area contributed by atoms with E-state index in [0.717, 1.165) is 12.1 Å². The summed E-state index contributed by atoms with van der Waals surface area (Å²) in [6, 6.07) is 3.50. The first kappa shape index (κ1) is 12.9. The molecule has 8 heteroatoms. The van der Waals surface area contributed by atoms with E-state index in [-0.39, 0.29) is 27.7 Å². The van der Waals surface area contributed by atoms with Crippen LogP contribution in [0.25, 0.3) is 0 Å². The van der Waals surface area contributed by atoms with Crippen LogP contribution in [0.2, 0.25) is 0 Å². The summed E-state index contributed by atoms with van der Waals surface area (Å²) in [4.78, 5) is 0.0821. The van der Waals surface area contributed by atoms with Gasteiger partial charge in [-0.2, -0.15) is 5.10 Å². The van der Waals surface area contributed by atoms with Gasteiger partial charge in [-0.3, -0.25) is 5.43 Å². The van der Waals surface area contributed by atoms with Gasteiger partial charge in [0.15, 0.2) is 14.9 Å². The first-order valence-corrected chi connectivity index (χ1v) is 7.11. The molecule has 5 nitrogen and oxygen atoms in total. The zero-order valence-electron chi connectivity index (χ0n) is 9.18. The third kappa shape index (κ3) is 2.49. The molecule has 0 aliphatic carbocycles. The number of hydrogen-bond acceptors (Lipinski definition) is 4. The Balaban J connectivity index is 2.54. The van der Waals surface area contributed by atoms with Crippen LogP contribution in [0.4, 0.5) is 4.39 Å². The second-order valence-electron chi connectivity index (χ2n) is 3.74. The predicted molar refractivity (Wildman–Crippen MR) is 69.5 cm³/mol. The summed E-state index contributed by atoms with van der Waals surface area (Å²) in [5.41, 5.74) is 8.29.